The predicted molar refractivity (Wildman–Crippen MR) is 74.5 cm³/mol. The fourth-order valence-corrected chi connectivity index (χ4v) is 2.27. The third kappa shape index (κ3) is 2.93. The minimum absolute atomic E-state index is 0.101. The average Bonchev–Trinajstić information content (AvgIpc) is 2.53. The molecule has 0 aliphatic rings. The summed E-state index contributed by atoms with van der Waals surface area (Å²) in [5.41, 5.74) is -2.53. The van der Waals surface area contributed by atoms with E-state index < -0.39 is 46.1 Å². The van der Waals surface area contributed by atoms with Crippen LogP contribution in [0.25, 0.3) is 11.1 Å². The van der Waals surface area contributed by atoms with Gasteiger partial charge in [0.05, 0.1) is 23.1 Å². The highest BCUT2D eigenvalue weighted by Gasteiger charge is 2.19. The van der Waals surface area contributed by atoms with Gasteiger partial charge in [0.25, 0.3) is 0 Å². The van der Waals surface area contributed by atoms with Crippen LogP contribution in [0.1, 0.15) is 41.4 Å². The molecule has 0 atom stereocenters. The molecule has 0 fully saturated rings. The number of carbonyl (C=O) groups excluding carboxylic acids is 2. The van der Waals surface area contributed by atoms with Crippen molar-refractivity contribution >= 4 is 23.9 Å². The molecule has 0 bridgehead atoms. The van der Waals surface area contributed by atoms with E-state index >= 15 is 0 Å². The molecule has 0 saturated carbocycles. The number of carbonyl (C=O) groups is 4. The van der Waals surface area contributed by atoms with E-state index in [9.17, 15) is 34.5 Å². The molecule has 2 rings (SSSR count). The van der Waals surface area contributed by atoms with Gasteiger partial charge in [-0.3, -0.25) is 0 Å². The summed E-state index contributed by atoms with van der Waals surface area (Å²) >= 11 is 0. The Bertz CT molecular complexity index is 849. The molecule has 0 spiro atoms. The Balaban J connectivity index is 2.84. The number of carboxylic acids is 4. The van der Waals surface area contributed by atoms with Crippen LogP contribution in [0.5, 0.6) is 0 Å². The van der Waals surface area contributed by atoms with Crippen LogP contribution in [0.3, 0.4) is 0 Å². The third-order valence-electron chi connectivity index (χ3n) is 3.27. The van der Waals surface area contributed by atoms with Crippen molar-refractivity contribution in [2.24, 2.45) is 0 Å². The number of rotatable bonds is 5. The van der Waals surface area contributed by atoms with Crippen LogP contribution in [-0.4, -0.2) is 34.1 Å². The van der Waals surface area contributed by atoms with Gasteiger partial charge in [-0.2, -0.15) is 0 Å². The quantitative estimate of drug-likeness (QED) is 0.742. The number of benzene rings is 2. The minimum atomic E-state index is -1.79. The van der Waals surface area contributed by atoms with Gasteiger partial charge in [-0.05, 0) is 23.8 Å². The van der Waals surface area contributed by atoms with Crippen LogP contribution in [0.2, 0.25) is 0 Å². The van der Waals surface area contributed by atoms with Crippen molar-refractivity contribution in [3.8, 4) is 11.1 Å². The smallest absolute Gasteiger partial charge is 0.336 e. The van der Waals surface area contributed by atoms with Crippen molar-refractivity contribution in [2.45, 2.75) is 0 Å². The standard InChI is InChI=1S/C16H10O8/c17-13(18)8-5-4-7(6-11(8)16(23)24)12-9(14(19)20)2-1-3-10(12)15(21)22/h1-6H,(H,17,18)(H,19,20)(H,21,22)(H,23,24)/p-2. The highest BCUT2D eigenvalue weighted by atomic mass is 16.4. The second-order valence-electron chi connectivity index (χ2n) is 4.67. The molecule has 0 unspecified atom stereocenters. The molecule has 0 saturated heterocycles. The molecule has 0 radical (unpaired) electrons. The van der Waals surface area contributed by atoms with Gasteiger partial charge in [0.1, 0.15) is 0 Å². The molecule has 0 heterocycles. The maximum Gasteiger partial charge on any atom is 0.336 e. The Kier molecular flexibility index (Phi) is 4.32. The molecule has 0 aliphatic carbocycles. The molecule has 24 heavy (non-hydrogen) atoms. The van der Waals surface area contributed by atoms with E-state index in [0.717, 1.165) is 30.3 Å². The monoisotopic (exact) mass is 328 g/mol. The van der Waals surface area contributed by atoms with Crippen LogP contribution >= 0.6 is 0 Å². The molecule has 2 aromatic rings. The fourth-order valence-electron chi connectivity index (χ4n) is 2.27. The second-order valence-corrected chi connectivity index (χ2v) is 4.67. The van der Waals surface area contributed by atoms with Gasteiger partial charge in [0.2, 0.25) is 0 Å². The topological polar surface area (TPSA) is 155 Å². The lowest BCUT2D eigenvalue weighted by atomic mass is 9.91. The molecule has 2 N–H and O–H groups in total. The van der Waals surface area contributed by atoms with E-state index in [2.05, 4.69) is 0 Å². The molecule has 8 nitrogen and oxygen atoms in total. The van der Waals surface area contributed by atoms with E-state index in [4.69, 9.17) is 5.11 Å². The first-order chi connectivity index (χ1) is 11.2. The largest absolute Gasteiger partial charge is 0.545 e. The number of aromatic carboxylic acids is 4. The first kappa shape index (κ1) is 16.7. The summed E-state index contributed by atoms with van der Waals surface area (Å²) in [6, 6.07) is 6.33. The zero-order valence-electron chi connectivity index (χ0n) is 11.8. The normalized spacial score (nSPS) is 10.2. The number of hydrogen-bond acceptors (Lipinski definition) is 6. The van der Waals surface area contributed by atoms with Crippen molar-refractivity contribution in [3.63, 3.8) is 0 Å². The Morgan fingerprint density at radius 2 is 1.25 bits per heavy atom. The van der Waals surface area contributed by atoms with Crippen molar-refractivity contribution in [2.75, 3.05) is 0 Å². The van der Waals surface area contributed by atoms with E-state index in [1.165, 1.54) is 6.07 Å². The summed E-state index contributed by atoms with van der Waals surface area (Å²) in [6.45, 7) is 0. The van der Waals surface area contributed by atoms with Crippen molar-refractivity contribution in [1.29, 1.82) is 0 Å². The maximum absolute atomic E-state index is 11.3. The van der Waals surface area contributed by atoms with Crippen LogP contribution in [0.4, 0.5) is 0 Å². The summed E-state index contributed by atoms with van der Waals surface area (Å²) in [4.78, 5) is 44.7. The lowest BCUT2D eigenvalue weighted by molar-refractivity contribution is -0.256. The zero-order valence-corrected chi connectivity index (χ0v) is 11.8. The van der Waals surface area contributed by atoms with Gasteiger partial charge in [-0.25, -0.2) is 9.59 Å². The Hall–Kier alpha value is -3.68. The molecular formula is C16H8O8-2. The van der Waals surface area contributed by atoms with E-state index in [1.807, 2.05) is 0 Å². The van der Waals surface area contributed by atoms with Gasteiger partial charge in [-0.1, -0.05) is 18.2 Å². The zero-order chi connectivity index (χ0) is 18.0. The second kappa shape index (κ2) is 6.21. The van der Waals surface area contributed by atoms with Gasteiger partial charge in [-0.15, -0.1) is 0 Å². The molecule has 2 aromatic carbocycles. The van der Waals surface area contributed by atoms with Crippen molar-refractivity contribution < 1.29 is 39.6 Å². The van der Waals surface area contributed by atoms with Crippen molar-refractivity contribution in [1.82, 2.24) is 0 Å². The molecule has 0 aliphatic heterocycles. The van der Waals surface area contributed by atoms with Crippen LogP contribution in [0, 0.1) is 0 Å². The predicted octanol–water partition coefficient (Wildman–Crippen LogP) is -0.523. The van der Waals surface area contributed by atoms with Gasteiger partial charge in [0, 0.05) is 16.7 Å². The summed E-state index contributed by atoms with van der Waals surface area (Å²) in [5.74, 6) is -6.42. The summed E-state index contributed by atoms with van der Waals surface area (Å²) in [6.07, 6.45) is 0. The maximum atomic E-state index is 11.3. The molecular weight excluding hydrogens is 320 g/mol. The SMILES string of the molecule is O=C([O-])c1cc(-c2c(C(=O)[O-])cccc2C(=O)O)ccc1C(=O)O. The lowest BCUT2D eigenvalue weighted by Gasteiger charge is -2.16. The van der Waals surface area contributed by atoms with E-state index in [1.54, 1.807) is 0 Å². The lowest BCUT2D eigenvalue weighted by Crippen LogP contribution is -2.25. The fraction of sp³-hybridized carbons (Fsp3) is 0. The van der Waals surface area contributed by atoms with Crippen molar-refractivity contribution in [3.05, 3.63) is 58.7 Å². The minimum Gasteiger partial charge on any atom is -0.545 e. The van der Waals surface area contributed by atoms with Gasteiger partial charge >= 0.3 is 11.9 Å². The summed E-state index contributed by atoms with van der Waals surface area (Å²) in [5, 5.41) is 40.6. The van der Waals surface area contributed by atoms with E-state index in [0.29, 0.717) is 0 Å². The average molecular weight is 328 g/mol. The molecule has 8 heteroatoms. The van der Waals surface area contributed by atoms with Gasteiger partial charge < -0.3 is 30.0 Å². The summed E-state index contributed by atoms with van der Waals surface area (Å²) < 4.78 is 0. The number of carboxylic acid groups (broad SMARTS) is 4. The van der Waals surface area contributed by atoms with E-state index in [-0.39, 0.29) is 11.1 Å². The highest BCUT2D eigenvalue weighted by Crippen LogP contribution is 2.29. The first-order valence-corrected chi connectivity index (χ1v) is 6.40. The molecule has 0 amide bonds. The Morgan fingerprint density at radius 1 is 0.708 bits per heavy atom. The van der Waals surface area contributed by atoms with Crippen LogP contribution in [-0.2, 0) is 0 Å². The van der Waals surface area contributed by atoms with Gasteiger partial charge in [0.15, 0.2) is 0 Å². The Morgan fingerprint density at radius 3 is 1.75 bits per heavy atom. The molecule has 0 aromatic heterocycles. The first-order valence-electron chi connectivity index (χ1n) is 6.40. The highest BCUT2D eigenvalue weighted by molar-refractivity contribution is 6.06. The van der Waals surface area contributed by atoms with Crippen LogP contribution < -0.4 is 10.2 Å². The summed E-state index contributed by atoms with van der Waals surface area (Å²) in [7, 11) is 0. The number of hydrogen-bond donors (Lipinski definition) is 2. The Labute approximate surface area is 134 Å². The van der Waals surface area contributed by atoms with Crippen LogP contribution in [0.15, 0.2) is 36.4 Å². The third-order valence-corrected chi connectivity index (χ3v) is 3.27. The molecule has 122 valence electrons.